The Morgan fingerprint density at radius 1 is 1.44 bits per heavy atom. The molecule has 0 bridgehead atoms. The van der Waals surface area contributed by atoms with E-state index in [1.165, 1.54) is 0 Å². The number of hydrogen-bond acceptors (Lipinski definition) is 4. The molecule has 0 spiro atoms. The van der Waals surface area contributed by atoms with Crippen LogP contribution in [0.4, 0.5) is 0 Å². The molecule has 1 unspecified atom stereocenters. The molecule has 0 amide bonds. The van der Waals surface area contributed by atoms with E-state index in [4.69, 9.17) is 13.9 Å². The van der Waals surface area contributed by atoms with Gasteiger partial charge in [0.1, 0.15) is 5.76 Å². The molecule has 1 aliphatic heterocycles. The zero-order chi connectivity index (χ0) is 12.8. The number of rotatable bonds is 6. The second kappa shape index (κ2) is 6.36. The fourth-order valence-electron chi connectivity index (χ4n) is 2.78. The van der Waals surface area contributed by atoms with Crippen LogP contribution < -0.4 is 5.32 Å². The predicted molar refractivity (Wildman–Crippen MR) is 69.7 cm³/mol. The van der Waals surface area contributed by atoms with Gasteiger partial charge in [0, 0.05) is 45.1 Å². The van der Waals surface area contributed by atoms with Gasteiger partial charge in [-0.15, -0.1) is 0 Å². The van der Waals surface area contributed by atoms with Gasteiger partial charge in [0.2, 0.25) is 0 Å². The molecule has 0 radical (unpaired) electrons. The lowest BCUT2D eigenvalue weighted by Gasteiger charge is -2.42. The Hall–Kier alpha value is -0.840. The molecule has 1 aromatic rings. The van der Waals surface area contributed by atoms with Gasteiger partial charge in [0.15, 0.2) is 0 Å². The summed E-state index contributed by atoms with van der Waals surface area (Å²) < 4.78 is 17.0. The molecule has 18 heavy (non-hydrogen) atoms. The van der Waals surface area contributed by atoms with Crippen molar-refractivity contribution in [3.05, 3.63) is 24.2 Å². The van der Waals surface area contributed by atoms with Crippen LogP contribution in [0.2, 0.25) is 0 Å². The van der Waals surface area contributed by atoms with Gasteiger partial charge >= 0.3 is 0 Å². The third kappa shape index (κ3) is 2.94. The van der Waals surface area contributed by atoms with E-state index in [1.807, 2.05) is 19.2 Å². The summed E-state index contributed by atoms with van der Waals surface area (Å²) in [4.78, 5) is 0. The average Bonchev–Trinajstić information content (AvgIpc) is 2.90. The first-order valence-corrected chi connectivity index (χ1v) is 6.72. The van der Waals surface area contributed by atoms with Crippen molar-refractivity contribution in [3.8, 4) is 0 Å². The smallest absolute Gasteiger partial charge is 0.105 e. The molecular weight excluding hydrogens is 230 g/mol. The highest BCUT2D eigenvalue weighted by Gasteiger charge is 2.40. The van der Waals surface area contributed by atoms with Crippen LogP contribution in [0.25, 0.3) is 0 Å². The molecule has 102 valence electrons. The lowest BCUT2D eigenvalue weighted by molar-refractivity contribution is -0.126. The van der Waals surface area contributed by atoms with Crippen LogP contribution in [-0.2, 0) is 15.9 Å². The van der Waals surface area contributed by atoms with E-state index in [1.54, 1.807) is 6.26 Å². The Labute approximate surface area is 109 Å². The highest BCUT2D eigenvalue weighted by Crippen LogP contribution is 2.30. The molecule has 4 nitrogen and oxygen atoms in total. The Morgan fingerprint density at radius 2 is 2.22 bits per heavy atom. The Balaban J connectivity index is 2.10. The molecule has 2 heterocycles. The fraction of sp³-hybridized carbons (Fsp3) is 0.714. The van der Waals surface area contributed by atoms with Crippen molar-refractivity contribution in [3.63, 3.8) is 0 Å². The largest absolute Gasteiger partial charge is 0.469 e. The minimum atomic E-state index is -0.130. The predicted octanol–water partition coefficient (Wildman–Crippen LogP) is 2.00. The zero-order valence-electron chi connectivity index (χ0n) is 11.3. The fourth-order valence-corrected chi connectivity index (χ4v) is 2.78. The molecule has 0 aromatic carbocycles. The normalized spacial score (nSPS) is 20.8. The highest BCUT2D eigenvalue weighted by atomic mass is 16.5. The second-order valence-electron chi connectivity index (χ2n) is 4.73. The van der Waals surface area contributed by atoms with Crippen LogP contribution in [0.1, 0.15) is 25.5 Å². The van der Waals surface area contributed by atoms with Gasteiger partial charge in [-0.3, -0.25) is 0 Å². The van der Waals surface area contributed by atoms with Gasteiger partial charge in [-0.2, -0.15) is 0 Å². The van der Waals surface area contributed by atoms with Crippen molar-refractivity contribution in [2.45, 2.75) is 37.8 Å². The molecule has 1 N–H and O–H groups in total. The van der Waals surface area contributed by atoms with Crippen molar-refractivity contribution in [1.82, 2.24) is 5.32 Å². The van der Waals surface area contributed by atoms with E-state index in [2.05, 4.69) is 12.2 Å². The third-order valence-corrected chi connectivity index (χ3v) is 3.74. The summed E-state index contributed by atoms with van der Waals surface area (Å²) in [6, 6.07) is 4.20. The third-order valence-electron chi connectivity index (χ3n) is 3.74. The van der Waals surface area contributed by atoms with Gasteiger partial charge in [-0.05, 0) is 26.1 Å². The topological polar surface area (TPSA) is 43.6 Å². The van der Waals surface area contributed by atoms with Crippen LogP contribution in [0, 0.1) is 0 Å². The summed E-state index contributed by atoms with van der Waals surface area (Å²) in [7, 11) is 1.99. The van der Waals surface area contributed by atoms with E-state index < -0.39 is 0 Å². The number of hydrogen-bond donors (Lipinski definition) is 1. The minimum Gasteiger partial charge on any atom is -0.469 e. The molecule has 1 aliphatic rings. The van der Waals surface area contributed by atoms with Crippen LogP contribution in [0.3, 0.4) is 0 Å². The SMILES string of the molecule is CCOC1(C(Cc2ccco2)NC)CCOCC1. The molecule has 1 aromatic heterocycles. The van der Waals surface area contributed by atoms with E-state index in [9.17, 15) is 0 Å². The first-order chi connectivity index (χ1) is 8.80. The lowest BCUT2D eigenvalue weighted by Crippen LogP contribution is -2.55. The standard InChI is InChI=1S/C14H23NO3/c1-3-18-14(6-9-16-10-7-14)13(15-2)11-12-5-4-8-17-12/h4-5,8,13,15H,3,6-7,9-11H2,1-2H3. The van der Waals surface area contributed by atoms with Crippen molar-refractivity contribution in [2.24, 2.45) is 0 Å². The molecule has 1 atom stereocenters. The maximum Gasteiger partial charge on any atom is 0.105 e. The van der Waals surface area contributed by atoms with E-state index in [-0.39, 0.29) is 11.6 Å². The molecule has 1 fully saturated rings. The monoisotopic (exact) mass is 253 g/mol. The molecule has 0 aliphatic carbocycles. The summed E-state index contributed by atoms with van der Waals surface area (Å²) in [6.07, 6.45) is 4.45. The van der Waals surface area contributed by atoms with Gasteiger partial charge in [-0.1, -0.05) is 0 Å². The summed E-state index contributed by atoms with van der Waals surface area (Å²) >= 11 is 0. The van der Waals surface area contributed by atoms with Gasteiger partial charge in [0.25, 0.3) is 0 Å². The van der Waals surface area contributed by atoms with E-state index >= 15 is 0 Å². The summed E-state index contributed by atoms with van der Waals surface area (Å²) in [6.45, 7) is 4.33. The highest BCUT2D eigenvalue weighted by molar-refractivity contribution is 5.05. The molecule has 0 saturated carbocycles. The summed E-state index contributed by atoms with van der Waals surface area (Å²) in [5, 5.41) is 3.40. The maximum atomic E-state index is 6.09. The quantitative estimate of drug-likeness (QED) is 0.842. The minimum absolute atomic E-state index is 0.130. The Morgan fingerprint density at radius 3 is 2.78 bits per heavy atom. The van der Waals surface area contributed by atoms with Crippen molar-refractivity contribution in [1.29, 1.82) is 0 Å². The number of furan rings is 1. The van der Waals surface area contributed by atoms with E-state index in [0.717, 1.165) is 44.8 Å². The first-order valence-electron chi connectivity index (χ1n) is 6.72. The van der Waals surface area contributed by atoms with E-state index in [0.29, 0.717) is 0 Å². The maximum absolute atomic E-state index is 6.09. The molecule has 1 saturated heterocycles. The summed E-state index contributed by atoms with van der Waals surface area (Å²) in [5.41, 5.74) is -0.130. The number of ether oxygens (including phenoxy) is 2. The number of nitrogens with one attached hydrogen (secondary N) is 1. The Bertz CT molecular complexity index is 325. The van der Waals surface area contributed by atoms with Crippen LogP contribution in [-0.4, -0.2) is 38.5 Å². The van der Waals surface area contributed by atoms with Gasteiger partial charge < -0.3 is 19.2 Å². The number of likely N-dealkylation sites (N-methyl/N-ethyl adjacent to an activating group) is 1. The Kier molecular flexibility index (Phi) is 4.80. The van der Waals surface area contributed by atoms with Crippen LogP contribution in [0.15, 0.2) is 22.8 Å². The van der Waals surface area contributed by atoms with Crippen molar-refractivity contribution in [2.75, 3.05) is 26.9 Å². The average molecular weight is 253 g/mol. The summed E-state index contributed by atoms with van der Waals surface area (Å²) in [5.74, 6) is 1.000. The molecule has 2 rings (SSSR count). The first kappa shape index (κ1) is 13.6. The van der Waals surface area contributed by atoms with Crippen LogP contribution in [0.5, 0.6) is 0 Å². The van der Waals surface area contributed by atoms with Crippen LogP contribution >= 0.6 is 0 Å². The van der Waals surface area contributed by atoms with Gasteiger partial charge in [0.05, 0.1) is 11.9 Å². The molecular formula is C14H23NO3. The van der Waals surface area contributed by atoms with Crippen molar-refractivity contribution < 1.29 is 13.9 Å². The lowest BCUT2D eigenvalue weighted by atomic mass is 9.83. The zero-order valence-corrected chi connectivity index (χ0v) is 11.3. The molecule has 4 heteroatoms. The second-order valence-corrected chi connectivity index (χ2v) is 4.73. The van der Waals surface area contributed by atoms with Crippen molar-refractivity contribution >= 4 is 0 Å². The van der Waals surface area contributed by atoms with Gasteiger partial charge in [-0.25, -0.2) is 0 Å².